The number of hydrogen-bond donors (Lipinski definition) is 1. The maximum Gasteiger partial charge on any atom is 0.337 e. The van der Waals surface area contributed by atoms with Crippen molar-refractivity contribution < 1.29 is 9.53 Å². The second kappa shape index (κ2) is 3.67. The zero-order valence-electron chi connectivity index (χ0n) is 9.08. The van der Waals surface area contributed by atoms with Crippen LogP contribution >= 0.6 is 12.4 Å². The Kier molecular flexibility index (Phi) is 2.58. The van der Waals surface area contributed by atoms with Crippen molar-refractivity contribution in [3.05, 3.63) is 29.3 Å². The highest BCUT2D eigenvalue weighted by atomic mass is 35.5. The summed E-state index contributed by atoms with van der Waals surface area (Å²) in [4.78, 5) is 11.4. The summed E-state index contributed by atoms with van der Waals surface area (Å²) in [7, 11) is 1.42. The van der Waals surface area contributed by atoms with E-state index in [1.165, 1.54) is 31.2 Å². The molecule has 1 aromatic rings. The van der Waals surface area contributed by atoms with Crippen LogP contribution in [-0.2, 0) is 10.2 Å². The molecule has 1 fully saturated rings. The Bertz CT molecular complexity index is 441. The Morgan fingerprint density at radius 2 is 2.19 bits per heavy atom. The van der Waals surface area contributed by atoms with Gasteiger partial charge in [-0.25, -0.2) is 4.79 Å². The number of carbonyl (C=O) groups is 1. The third kappa shape index (κ3) is 1.47. The van der Waals surface area contributed by atoms with Crippen molar-refractivity contribution in [1.29, 1.82) is 0 Å². The minimum Gasteiger partial charge on any atom is -0.465 e. The first-order valence-electron chi connectivity index (χ1n) is 5.22. The second-order valence-corrected chi connectivity index (χ2v) is 4.39. The van der Waals surface area contributed by atoms with E-state index >= 15 is 0 Å². The molecule has 0 atom stereocenters. The number of benzene rings is 1. The molecule has 16 heavy (non-hydrogen) atoms. The number of rotatable bonds is 1. The molecule has 1 aliphatic carbocycles. The van der Waals surface area contributed by atoms with E-state index in [1.54, 1.807) is 0 Å². The highest BCUT2D eigenvalue weighted by molar-refractivity contribution is 5.90. The zero-order chi connectivity index (χ0) is 10.5. The molecule has 1 saturated carbocycles. The normalized spacial score (nSPS) is 18.3. The Morgan fingerprint density at radius 1 is 1.44 bits per heavy atom. The minimum absolute atomic E-state index is 0. The van der Waals surface area contributed by atoms with Gasteiger partial charge in [0.05, 0.1) is 12.7 Å². The number of anilines is 1. The molecule has 0 amide bonds. The molecule has 1 aromatic carbocycles. The molecule has 0 aromatic heterocycles. The molecule has 1 N–H and O–H groups in total. The van der Waals surface area contributed by atoms with Crippen molar-refractivity contribution in [3.63, 3.8) is 0 Å². The third-order valence-corrected chi connectivity index (χ3v) is 3.48. The van der Waals surface area contributed by atoms with Gasteiger partial charge in [0, 0.05) is 17.6 Å². The van der Waals surface area contributed by atoms with Gasteiger partial charge in [0.2, 0.25) is 0 Å². The molecule has 1 spiro atoms. The summed E-state index contributed by atoms with van der Waals surface area (Å²) in [6.07, 6.45) is 2.47. The van der Waals surface area contributed by atoms with Crippen LogP contribution in [-0.4, -0.2) is 19.6 Å². The van der Waals surface area contributed by atoms with Gasteiger partial charge in [-0.2, -0.15) is 0 Å². The molecule has 0 bridgehead atoms. The van der Waals surface area contributed by atoms with E-state index in [4.69, 9.17) is 4.74 Å². The van der Waals surface area contributed by atoms with E-state index < -0.39 is 0 Å². The first kappa shape index (κ1) is 11.3. The lowest BCUT2D eigenvalue weighted by atomic mass is 9.96. The molecule has 3 rings (SSSR count). The van der Waals surface area contributed by atoms with E-state index in [0.717, 1.165) is 6.54 Å². The fraction of sp³-hybridized carbons (Fsp3) is 0.417. The third-order valence-electron chi connectivity index (χ3n) is 3.48. The molecule has 0 saturated heterocycles. The topological polar surface area (TPSA) is 38.3 Å². The average molecular weight is 240 g/mol. The number of hydrogen-bond acceptors (Lipinski definition) is 3. The number of fused-ring (bicyclic) bond motifs is 2. The van der Waals surface area contributed by atoms with E-state index in [9.17, 15) is 4.79 Å². The van der Waals surface area contributed by atoms with E-state index in [0.29, 0.717) is 11.0 Å². The largest absolute Gasteiger partial charge is 0.465 e. The van der Waals surface area contributed by atoms with Crippen molar-refractivity contribution in [1.82, 2.24) is 0 Å². The van der Waals surface area contributed by atoms with Crippen molar-refractivity contribution >= 4 is 24.1 Å². The number of ether oxygens (including phenoxy) is 1. The Balaban J connectivity index is 0.000000963. The van der Waals surface area contributed by atoms with Gasteiger partial charge < -0.3 is 10.1 Å². The monoisotopic (exact) mass is 239 g/mol. The second-order valence-electron chi connectivity index (χ2n) is 4.39. The van der Waals surface area contributed by atoms with Gasteiger partial charge >= 0.3 is 5.97 Å². The number of esters is 1. The van der Waals surface area contributed by atoms with Crippen LogP contribution in [0.5, 0.6) is 0 Å². The summed E-state index contributed by atoms with van der Waals surface area (Å²) in [5, 5.41) is 3.38. The van der Waals surface area contributed by atoms with Crippen LogP contribution in [0.2, 0.25) is 0 Å². The van der Waals surface area contributed by atoms with Gasteiger partial charge in [0.1, 0.15) is 0 Å². The van der Waals surface area contributed by atoms with Crippen LogP contribution in [0.3, 0.4) is 0 Å². The first-order valence-corrected chi connectivity index (χ1v) is 5.22. The standard InChI is InChI=1S/C12H13NO2.ClH/c1-15-11(14)8-2-3-10-9(6-8)12(4-5-12)7-13-10;/h2-3,6,13H,4-5,7H2,1H3;1H. The van der Waals surface area contributed by atoms with Crippen LogP contribution < -0.4 is 5.32 Å². The SMILES string of the molecule is COC(=O)c1ccc2c(c1)C1(CC1)CN2.Cl. The fourth-order valence-corrected chi connectivity index (χ4v) is 2.34. The maximum atomic E-state index is 11.4. The van der Waals surface area contributed by atoms with Crippen LogP contribution in [0.4, 0.5) is 5.69 Å². The van der Waals surface area contributed by atoms with E-state index in [2.05, 4.69) is 5.32 Å². The van der Waals surface area contributed by atoms with Crippen molar-refractivity contribution in [3.8, 4) is 0 Å². The lowest BCUT2D eigenvalue weighted by Gasteiger charge is -2.07. The predicted molar refractivity (Wildman–Crippen MR) is 64.4 cm³/mol. The maximum absolute atomic E-state index is 11.4. The van der Waals surface area contributed by atoms with E-state index in [-0.39, 0.29) is 18.4 Å². The molecule has 1 heterocycles. The smallest absolute Gasteiger partial charge is 0.337 e. The van der Waals surface area contributed by atoms with Crippen molar-refractivity contribution in [2.45, 2.75) is 18.3 Å². The van der Waals surface area contributed by atoms with Gasteiger partial charge in [-0.1, -0.05) is 0 Å². The number of nitrogens with one attached hydrogen (secondary N) is 1. The van der Waals surface area contributed by atoms with Gasteiger partial charge in [0.15, 0.2) is 0 Å². The Labute approximate surface area is 101 Å². The zero-order valence-corrected chi connectivity index (χ0v) is 9.89. The lowest BCUT2D eigenvalue weighted by molar-refractivity contribution is 0.0600. The highest BCUT2D eigenvalue weighted by Crippen LogP contribution is 2.54. The lowest BCUT2D eigenvalue weighted by Crippen LogP contribution is -2.09. The van der Waals surface area contributed by atoms with Gasteiger partial charge in [-0.15, -0.1) is 12.4 Å². The van der Waals surface area contributed by atoms with Gasteiger partial charge in [-0.3, -0.25) is 0 Å². The molecule has 1 aliphatic heterocycles. The molecule has 86 valence electrons. The fourth-order valence-electron chi connectivity index (χ4n) is 2.34. The first-order chi connectivity index (χ1) is 7.25. The van der Waals surface area contributed by atoms with E-state index in [1.807, 2.05) is 18.2 Å². The number of carbonyl (C=O) groups excluding carboxylic acids is 1. The number of methoxy groups -OCH3 is 1. The summed E-state index contributed by atoms with van der Waals surface area (Å²) < 4.78 is 4.73. The van der Waals surface area contributed by atoms with Crippen molar-refractivity contribution in [2.24, 2.45) is 0 Å². The van der Waals surface area contributed by atoms with Gasteiger partial charge in [-0.05, 0) is 36.6 Å². The highest BCUT2D eigenvalue weighted by Gasteiger charge is 2.49. The summed E-state index contributed by atoms with van der Waals surface area (Å²) in [6.45, 7) is 1.02. The van der Waals surface area contributed by atoms with Crippen LogP contribution in [0.1, 0.15) is 28.8 Å². The average Bonchev–Trinajstić information content (AvgIpc) is 2.97. The molecule has 0 radical (unpaired) electrons. The Hall–Kier alpha value is -1.22. The molecule has 3 nitrogen and oxygen atoms in total. The summed E-state index contributed by atoms with van der Waals surface area (Å²) in [6, 6.07) is 5.78. The molecule has 2 aliphatic rings. The Morgan fingerprint density at radius 3 is 2.81 bits per heavy atom. The van der Waals surface area contributed by atoms with Crippen molar-refractivity contribution in [2.75, 3.05) is 19.0 Å². The summed E-state index contributed by atoms with van der Waals surface area (Å²) in [5.74, 6) is -0.250. The van der Waals surface area contributed by atoms with Crippen LogP contribution in [0, 0.1) is 0 Å². The number of halogens is 1. The minimum atomic E-state index is -0.250. The summed E-state index contributed by atoms with van der Waals surface area (Å²) in [5.41, 5.74) is 3.47. The van der Waals surface area contributed by atoms with Gasteiger partial charge in [0.25, 0.3) is 0 Å². The van der Waals surface area contributed by atoms with Crippen LogP contribution in [0.15, 0.2) is 18.2 Å². The molecular formula is C12H14ClNO2. The predicted octanol–water partition coefficient (Wildman–Crippen LogP) is 2.35. The molecule has 4 heteroatoms. The molecule has 0 unspecified atom stereocenters. The van der Waals surface area contributed by atoms with Crippen LogP contribution in [0.25, 0.3) is 0 Å². The summed E-state index contributed by atoms with van der Waals surface area (Å²) >= 11 is 0. The molecular weight excluding hydrogens is 226 g/mol. The quantitative estimate of drug-likeness (QED) is 0.765.